The van der Waals surface area contributed by atoms with Gasteiger partial charge in [0.2, 0.25) is 0 Å². The Balaban J connectivity index is 2.30. The van der Waals surface area contributed by atoms with Gasteiger partial charge in [-0.15, -0.1) is 0 Å². The molecular weight excluding hydrogens is 259 g/mol. The van der Waals surface area contributed by atoms with Crippen LogP contribution in [0.2, 0.25) is 0 Å². The number of anilines is 2. The van der Waals surface area contributed by atoms with Gasteiger partial charge in [-0.05, 0) is 43.7 Å². The van der Waals surface area contributed by atoms with Crippen LogP contribution in [0.4, 0.5) is 15.8 Å². The Morgan fingerprint density at radius 1 is 1.25 bits per heavy atom. The number of phenols is 1. The van der Waals surface area contributed by atoms with Crippen LogP contribution >= 0.6 is 0 Å². The lowest BCUT2D eigenvalue weighted by atomic mass is 10.1. The van der Waals surface area contributed by atoms with Crippen LogP contribution in [0.1, 0.15) is 21.5 Å². The van der Waals surface area contributed by atoms with Crippen molar-refractivity contribution in [2.24, 2.45) is 0 Å². The first-order valence-electron chi connectivity index (χ1n) is 6.05. The second kappa shape index (κ2) is 5.21. The van der Waals surface area contributed by atoms with Crippen LogP contribution in [0, 0.1) is 19.7 Å². The van der Waals surface area contributed by atoms with Crippen LogP contribution in [-0.2, 0) is 0 Å². The highest BCUT2D eigenvalue weighted by atomic mass is 19.1. The summed E-state index contributed by atoms with van der Waals surface area (Å²) in [7, 11) is 0. The predicted octanol–water partition coefficient (Wildman–Crippen LogP) is 2.98. The number of amides is 1. The van der Waals surface area contributed by atoms with E-state index >= 15 is 0 Å². The van der Waals surface area contributed by atoms with Gasteiger partial charge in [-0.2, -0.15) is 0 Å². The van der Waals surface area contributed by atoms with Gasteiger partial charge in [0.15, 0.2) is 0 Å². The van der Waals surface area contributed by atoms with Crippen molar-refractivity contribution >= 4 is 17.3 Å². The minimum absolute atomic E-state index is 0.0985. The summed E-state index contributed by atoms with van der Waals surface area (Å²) >= 11 is 0. The molecule has 5 heteroatoms. The van der Waals surface area contributed by atoms with Crippen molar-refractivity contribution in [1.29, 1.82) is 0 Å². The monoisotopic (exact) mass is 274 g/mol. The Bertz CT molecular complexity index is 684. The Morgan fingerprint density at radius 2 is 1.95 bits per heavy atom. The normalized spacial score (nSPS) is 10.3. The quantitative estimate of drug-likeness (QED) is 0.737. The second-order valence-corrected chi connectivity index (χ2v) is 4.60. The number of hydrogen-bond acceptors (Lipinski definition) is 3. The average molecular weight is 274 g/mol. The fraction of sp³-hybridized carbons (Fsp3) is 0.133. The summed E-state index contributed by atoms with van der Waals surface area (Å²) in [6.07, 6.45) is 0. The van der Waals surface area contributed by atoms with Crippen LogP contribution in [0.25, 0.3) is 0 Å². The minimum Gasteiger partial charge on any atom is -0.507 e. The third-order valence-corrected chi connectivity index (χ3v) is 3.12. The number of nitrogens with two attached hydrogens (primary N) is 1. The van der Waals surface area contributed by atoms with E-state index in [0.717, 1.165) is 6.07 Å². The van der Waals surface area contributed by atoms with Gasteiger partial charge < -0.3 is 16.2 Å². The van der Waals surface area contributed by atoms with Crippen molar-refractivity contribution in [3.8, 4) is 5.75 Å². The Hall–Kier alpha value is -2.56. The zero-order chi connectivity index (χ0) is 14.9. The van der Waals surface area contributed by atoms with E-state index < -0.39 is 11.7 Å². The largest absolute Gasteiger partial charge is 0.507 e. The molecule has 0 saturated carbocycles. The molecule has 20 heavy (non-hydrogen) atoms. The molecule has 4 N–H and O–H groups in total. The zero-order valence-corrected chi connectivity index (χ0v) is 11.2. The number of carbonyl (C=O) groups is 1. The summed E-state index contributed by atoms with van der Waals surface area (Å²) in [5.41, 5.74) is 7.27. The lowest BCUT2D eigenvalue weighted by Crippen LogP contribution is -2.14. The van der Waals surface area contributed by atoms with E-state index in [1.807, 2.05) is 0 Å². The molecule has 0 spiro atoms. The molecule has 0 unspecified atom stereocenters. The summed E-state index contributed by atoms with van der Waals surface area (Å²) in [4.78, 5) is 12.0. The van der Waals surface area contributed by atoms with E-state index in [2.05, 4.69) is 5.32 Å². The molecular formula is C15H15FN2O2. The van der Waals surface area contributed by atoms with Gasteiger partial charge in [-0.1, -0.05) is 6.07 Å². The molecule has 2 rings (SSSR count). The standard InChI is InChI=1S/C15H15FN2O2/c1-8-3-6-13(9(2)14(8)19)18-15(20)11-5-4-10(17)7-12(11)16/h3-7,19H,17H2,1-2H3,(H,18,20). The highest BCUT2D eigenvalue weighted by Crippen LogP contribution is 2.28. The molecule has 0 aromatic heterocycles. The van der Waals surface area contributed by atoms with Gasteiger partial charge in [0.1, 0.15) is 11.6 Å². The number of nitrogens with one attached hydrogen (secondary N) is 1. The van der Waals surface area contributed by atoms with Gasteiger partial charge in [-0.25, -0.2) is 4.39 Å². The fourth-order valence-corrected chi connectivity index (χ4v) is 1.88. The molecule has 0 aliphatic carbocycles. The SMILES string of the molecule is Cc1ccc(NC(=O)c2ccc(N)cc2F)c(C)c1O. The van der Waals surface area contributed by atoms with Crippen molar-refractivity contribution in [2.75, 3.05) is 11.1 Å². The van der Waals surface area contributed by atoms with E-state index in [0.29, 0.717) is 16.8 Å². The minimum atomic E-state index is -0.684. The van der Waals surface area contributed by atoms with Crippen LogP contribution in [0.5, 0.6) is 5.75 Å². The smallest absolute Gasteiger partial charge is 0.258 e. The van der Waals surface area contributed by atoms with Crippen molar-refractivity contribution in [3.05, 3.63) is 52.8 Å². The molecule has 2 aromatic carbocycles. The van der Waals surface area contributed by atoms with Crippen LogP contribution in [0.15, 0.2) is 30.3 Å². The van der Waals surface area contributed by atoms with E-state index in [1.54, 1.807) is 26.0 Å². The molecule has 0 fully saturated rings. The molecule has 2 aromatic rings. The number of benzene rings is 2. The molecule has 0 bridgehead atoms. The number of carbonyl (C=O) groups excluding carboxylic acids is 1. The number of rotatable bonds is 2. The lowest BCUT2D eigenvalue weighted by Gasteiger charge is -2.12. The number of nitrogen functional groups attached to an aromatic ring is 1. The van der Waals surface area contributed by atoms with Gasteiger partial charge in [0.05, 0.1) is 5.56 Å². The summed E-state index contributed by atoms with van der Waals surface area (Å²) in [5.74, 6) is -1.16. The topological polar surface area (TPSA) is 75.4 Å². The third-order valence-electron chi connectivity index (χ3n) is 3.12. The molecule has 104 valence electrons. The molecule has 1 amide bonds. The number of hydrogen-bond donors (Lipinski definition) is 3. The molecule has 0 atom stereocenters. The first-order chi connectivity index (χ1) is 9.40. The van der Waals surface area contributed by atoms with Crippen LogP contribution < -0.4 is 11.1 Å². The van der Waals surface area contributed by atoms with Crippen molar-refractivity contribution < 1.29 is 14.3 Å². The van der Waals surface area contributed by atoms with Crippen LogP contribution in [0.3, 0.4) is 0 Å². The molecule has 0 saturated heterocycles. The molecule has 0 radical (unpaired) electrons. The first-order valence-corrected chi connectivity index (χ1v) is 6.05. The molecule has 0 heterocycles. The summed E-state index contributed by atoms with van der Waals surface area (Å²) < 4.78 is 13.7. The summed E-state index contributed by atoms with van der Waals surface area (Å²) in [6.45, 7) is 3.44. The van der Waals surface area contributed by atoms with Crippen molar-refractivity contribution in [2.45, 2.75) is 13.8 Å². The Kier molecular flexibility index (Phi) is 3.61. The maximum absolute atomic E-state index is 13.7. The van der Waals surface area contributed by atoms with Crippen molar-refractivity contribution in [1.82, 2.24) is 0 Å². The summed E-state index contributed by atoms with van der Waals surface area (Å²) in [5, 5.41) is 12.4. The Labute approximate surface area is 116 Å². The van der Waals surface area contributed by atoms with E-state index in [1.165, 1.54) is 12.1 Å². The Morgan fingerprint density at radius 3 is 2.60 bits per heavy atom. The van der Waals surface area contributed by atoms with Gasteiger partial charge in [-0.3, -0.25) is 4.79 Å². The zero-order valence-electron chi connectivity index (χ0n) is 11.2. The molecule has 0 aliphatic heterocycles. The van der Waals surface area contributed by atoms with Crippen LogP contribution in [-0.4, -0.2) is 11.0 Å². The number of aromatic hydroxyl groups is 1. The summed E-state index contributed by atoms with van der Waals surface area (Å²) in [6, 6.07) is 7.21. The average Bonchev–Trinajstić information content (AvgIpc) is 2.39. The van der Waals surface area contributed by atoms with Gasteiger partial charge in [0, 0.05) is 16.9 Å². The maximum Gasteiger partial charge on any atom is 0.258 e. The number of halogens is 1. The maximum atomic E-state index is 13.7. The third kappa shape index (κ3) is 2.56. The number of aryl methyl sites for hydroxylation is 1. The fourth-order valence-electron chi connectivity index (χ4n) is 1.88. The molecule has 4 nitrogen and oxygen atoms in total. The second-order valence-electron chi connectivity index (χ2n) is 4.60. The van der Waals surface area contributed by atoms with Gasteiger partial charge in [0.25, 0.3) is 5.91 Å². The predicted molar refractivity (Wildman–Crippen MR) is 76.3 cm³/mol. The highest BCUT2D eigenvalue weighted by molar-refractivity contribution is 6.05. The van der Waals surface area contributed by atoms with E-state index in [-0.39, 0.29) is 17.0 Å². The lowest BCUT2D eigenvalue weighted by molar-refractivity contribution is 0.102. The van der Waals surface area contributed by atoms with E-state index in [4.69, 9.17) is 5.73 Å². The van der Waals surface area contributed by atoms with Gasteiger partial charge >= 0.3 is 0 Å². The number of phenolic OH excluding ortho intramolecular Hbond substituents is 1. The highest BCUT2D eigenvalue weighted by Gasteiger charge is 2.14. The molecule has 0 aliphatic rings. The first kappa shape index (κ1) is 13.9. The van der Waals surface area contributed by atoms with E-state index in [9.17, 15) is 14.3 Å². The van der Waals surface area contributed by atoms with Crippen molar-refractivity contribution in [3.63, 3.8) is 0 Å².